The van der Waals surface area contributed by atoms with Crippen LogP contribution in [0.2, 0.25) is 0 Å². The van der Waals surface area contributed by atoms with Gasteiger partial charge >= 0.3 is 12.2 Å². The topological polar surface area (TPSA) is 68.3 Å². The maximum atomic E-state index is 13.4. The summed E-state index contributed by atoms with van der Waals surface area (Å²) in [5.41, 5.74) is 0.0981. The van der Waals surface area contributed by atoms with Gasteiger partial charge in [0.1, 0.15) is 17.0 Å². The van der Waals surface area contributed by atoms with E-state index in [-0.39, 0.29) is 30.3 Å². The van der Waals surface area contributed by atoms with E-state index in [2.05, 4.69) is 12.1 Å². The van der Waals surface area contributed by atoms with E-state index >= 15 is 0 Å². The third-order valence-corrected chi connectivity index (χ3v) is 7.57. The highest BCUT2D eigenvalue weighted by atomic mass is 32.2. The van der Waals surface area contributed by atoms with E-state index in [0.29, 0.717) is 6.54 Å². The molecule has 0 spiro atoms. The maximum absolute atomic E-state index is 13.4. The van der Waals surface area contributed by atoms with E-state index in [0.717, 1.165) is 49.4 Å². The van der Waals surface area contributed by atoms with Crippen molar-refractivity contribution in [1.29, 1.82) is 0 Å². The maximum Gasteiger partial charge on any atom is 0.410 e. The fourth-order valence-corrected chi connectivity index (χ4v) is 6.00. The molecule has 1 saturated carbocycles. The minimum Gasteiger partial charge on any atom is -0.497 e. The first-order chi connectivity index (χ1) is 16.9. The average molecular weight is 521 g/mol. The Labute approximate surface area is 221 Å². The van der Waals surface area contributed by atoms with Crippen molar-refractivity contribution in [2.24, 2.45) is 0 Å². The van der Waals surface area contributed by atoms with Crippen LogP contribution < -0.4 is 4.74 Å². The van der Waals surface area contributed by atoms with Crippen molar-refractivity contribution in [2.75, 3.05) is 19.4 Å². The Morgan fingerprint density at radius 3 is 2.08 bits per heavy atom. The molecule has 2 amide bonds. The third-order valence-electron chi connectivity index (χ3n) is 6.51. The highest BCUT2D eigenvalue weighted by molar-refractivity contribution is 7.98. The summed E-state index contributed by atoms with van der Waals surface area (Å²) in [5.74, 6) is 2.60. The molecule has 0 N–H and O–H groups in total. The zero-order chi connectivity index (χ0) is 26.5. The molecule has 3 rings (SSSR count). The highest BCUT2D eigenvalue weighted by Gasteiger charge is 2.48. The molecule has 2 aliphatic rings. The molecule has 0 aromatic heterocycles. The second-order valence-electron chi connectivity index (χ2n) is 11.8. The van der Waals surface area contributed by atoms with Crippen molar-refractivity contribution in [3.8, 4) is 5.75 Å². The van der Waals surface area contributed by atoms with E-state index in [4.69, 9.17) is 14.2 Å². The molecular formula is C28H44N2O5S. The normalized spacial score (nSPS) is 22.6. The number of benzene rings is 1. The Balaban J connectivity index is 1.75. The first-order valence-electron chi connectivity index (χ1n) is 13.1. The molecule has 1 aromatic carbocycles. The van der Waals surface area contributed by atoms with Crippen LogP contribution in [0.5, 0.6) is 5.75 Å². The number of fused-ring (bicyclic) bond motifs is 1. The summed E-state index contributed by atoms with van der Waals surface area (Å²) in [6, 6.07) is 7.91. The Morgan fingerprint density at radius 2 is 1.50 bits per heavy atom. The van der Waals surface area contributed by atoms with Crippen LogP contribution in [0.1, 0.15) is 79.2 Å². The van der Waals surface area contributed by atoms with E-state index in [1.807, 2.05) is 75.2 Å². The van der Waals surface area contributed by atoms with Crippen LogP contribution in [-0.4, -0.2) is 70.7 Å². The molecule has 0 radical (unpaired) electrons. The number of nitrogens with zero attached hydrogens (tertiary/aromatic N) is 2. The van der Waals surface area contributed by atoms with Gasteiger partial charge in [-0.25, -0.2) is 9.59 Å². The van der Waals surface area contributed by atoms with Crippen LogP contribution in [0.3, 0.4) is 0 Å². The quantitative estimate of drug-likeness (QED) is 0.400. The van der Waals surface area contributed by atoms with Gasteiger partial charge in [-0.2, -0.15) is 11.8 Å². The molecule has 1 saturated heterocycles. The average Bonchev–Trinajstić information content (AvgIpc) is 2.79. The molecule has 2 unspecified atom stereocenters. The van der Waals surface area contributed by atoms with Crippen molar-refractivity contribution < 1.29 is 23.8 Å². The van der Waals surface area contributed by atoms with Crippen LogP contribution >= 0.6 is 11.8 Å². The van der Waals surface area contributed by atoms with E-state index in [1.165, 1.54) is 5.56 Å². The van der Waals surface area contributed by atoms with Gasteiger partial charge < -0.3 is 19.1 Å². The third kappa shape index (κ3) is 7.95. The molecule has 1 aliphatic carbocycles. The number of hydrogen-bond acceptors (Lipinski definition) is 6. The van der Waals surface area contributed by atoms with Gasteiger partial charge in [0, 0.05) is 12.3 Å². The molecule has 36 heavy (non-hydrogen) atoms. The number of carbonyl (C=O) groups excluding carboxylic acids is 2. The first kappa shape index (κ1) is 28.5. The SMILES string of the molecule is COc1ccc(CSCCC2CN(C(=O)OC(C)(C)C)C3CCCC[C@@H]3N2C(=O)OC(C)(C)C)cc1. The van der Waals surface area contributed by atoms with Gasteiger partial charge in [0.25, 0.3) is 0 Å². The summed E-state index contributed by atoms with van der Waals surface area (Å²) in [4.78, 5) is 30.5. The van der Waals surface area contributed by atoms with Gasteiger partial charge in [0.2, 0.25) is 0 Å². The predicted molar refractivity (Wildman–Crippen MR) is 145 cm³/mol. The Kier molecular flexibility index (Phi) is 9.47. The van der Waals surface area contributed by atoms with Gasteiger partial charge in [0.05, 0.1) is 25.2 Å². The Morgan fingerprint density at radius 1 is 0.917 bits per heavy atom. The number of methoxy groups -OCH3 is 1. The number of thioether (sulfide) groups is 1. The van der Waals surface area contributed by atoms with E-state index in [1.54, 1.807) is 7.11 Å². The summed E-state index contributed by atoms with van der Waals surface area (Å²) in [7, 11) is 1.67. The fraction of sp³-hybridized carbons (Fsp3) is 0.714. The van der Waals surface area contributed by atoms with Crippen molar-refractivity contribution in [1.82, 2.24) is 9.80 Å². The first-order valence-corrected chi connectivity index (χ1v) is 14.2. The molecule has 0 bridgehead atoms. The number of rotatable bonds is 6. The monoisotopic (exact) mass is 520 g/mol. The summed E-state index contributed by atoms with van der Waals surface area (Å²) in [5, 5.41) is 0. The van der Waals surface area contributed by atoms with Gasteiger partial charge in [-0.3, -0.25) is 4.90 Å². The van der Waals surface area contributed by atoms with Crippen LogP contribution in [0.15, 0.2) is 24.3 Å². The zero-order valence-corrected chi connectivity index (χ0v) is 23.9. The second kappa shape index (κ2) is 12.0. The van der Waals surface area contributed by atoms with Gasteiger partial charge in [0.15, 0.2) is 0 Å². The fourth-order valence-electron chi connectivity index (χ4n) is 4.99. The van der Waals surface area contributed by atoms with Gasteiger partial charge in [-0.1, -0.05) is 25.0 Å². The summed E-state index contributed by atoms with van der Waals surface area (Å²) in [6.45, 7) is 11.9. The van der Waals surface area contributed by atoms with Crippen molar-refractivity contribution in [2.45, 2.75) is 109 Å². The summed E-state index contributed by atoms with van der Waals surface area (Å²) < 4.78 is 16.9. The van der Waals surface area contributed by atoms with Crippen molar-refractivity contribution in [3.63, 3.8) is 0 Å². The lowest BCUT2D eigenvalue weighted by Crippen LogP contribution is -2.68. The van der Waals surface area contributed by atoms with Gasteiger partial charge in [-0.15, -0.1) is 0 Å². The van der Waals surface area contributed by atoms with Crippen LogP contribution in [0.4, 0.5) is 9.59 Å². The second-order valence-corrected chi connectivity index (χ2v) is 12.9. The van der Waals surface area contributed by atoms with Crippen LogP contribution in [0, 0.1) is 0 Å². The largest absolute Gasteiger partial charge is 0.497 e. The standard InChI is InChI=1S/C28H44N2O5S/c1-27(2,3)34-25(31)29-18-21(16-17-36-19-20-12-14-22(33-7)15-13-20)30(26(32)35-28(4,5)6)24-11-9-8-10-23(24)29/h12-15,21,23-24H,8-11,16-19H2,1-7H3/t21?,23?,24-/m0/s1. The number of piperazine rings is 1. The van der Waals surface area contributed by atoms with Crippen molar-refractivity contribution >= 4 is 23.9 Å². The molecule has 1 aromatic rings. The minimum absolute atomic E-state index is 0.0377. The number of amides is 2. The van der Waals surface area contributed by atoms with Crippen LogP contribution in [-0.2, 0) is 15.2 Å². The number of hydrogen-bond donors (Lipinski definition) is 0. The lowest BCUT2D eigenvalue weighted by molar-refractivity contribution is -0.0629. The van der Waals surface area contributed by atoms with Crippen LogP contribution in [0.25, 0.3) is 0 Å². The number of carbonyl (C=O) groups is 2. The molecule has 2 fully saturated rings. The van der Waals surface area contributed by atoms with Crippen molar-refractivity contribution in [3.05, 3.63) is 29.8 Å². The van der Waals surface area contributed by atoms with E-state index < -0.39 is 11.2 Å². The summed E-state index contributed by atoms with van der Waals surface area (Å²) in [6.07, 6.45) is 4.07. The lowest BCUT2D eigenvalue weighted by Gasteiger charge is -2.53. The lowest BCUT2D eigenvalue weighted by atomic mass is 9.84. The molecule has 7 nitrogen and oxygen atoms in total. The Bertz CT molecular complexity index is 877. The predicted octanol–water partition coefficient (Wildman–Crippen LogP) is 6.49. The smallest absolute Gasteiger partial charge is 0.410 e. The van der Waals surface area contributed by atoms with Gasteiger partial charge in [-0.05, 0) is 84.3 Å². The minimum atomic E-state index is -0.572. The molecule has 1 heterocycles. The molecule has 1 aliphatic heterocycles. The Hall–Kier alpha value is -2.09. The highest BCUT2D eigenvalue weighted by Crippen LogP contribution is 2.36. The molecule has 3 atom stereocenters. The molecule has 8 heteroatoms. The number of ether oxygens (including phenoxy) is 3. The summed E-state index contributed by atoms with van der Waals surface area (Å²) >= 11 is 1.84. The zero-order valence-electron chi connectivity index (χ0n) is 23.0. The molecular weight excluding hydrogens is 476 g/mol. The molecule has 202 valence electrons. The van der Waals surface area contributed by atoms with E-state index in [9.17, 15) is 9.59 Å².